The van der Waals surface area contributed by atoms with E-state index in [0.29, 0.717) is 16.7 Å². The molecule has 0 aliphatic heterocycles. The van der Waals surface area contributed by atoms with E-state index < -0.39 is 0 Å². The van der Waals surface area contributed by atoms with Crippen molar-refractivity contribution in [2.75, 3.05) is 4.90 Å². The molecule has 0 saturated carbocycles. The average molecular weight is 910 g/mol. The lowest BCUT2D eigenvalue weighted by Crippen LogP contribution is -2.14. The van der Waals surface area contributed by atoms with Gasteiger partial charge in [0.1, 0.15) is 0 Å². The van der Waals surface area contributed by atoms with Gasteiger partial charge in [-0.15, -0.1) is 0 Å². The van der Waals surface area contributed by atoms with Crippen molar-refractivity contribution in [3.63, 3.8) is 0 Å². The minimum Gasteiger partial charge on any atom is -0.311 e. The number of para-hydroxylation sites is 2. The van der Waals surface area contributed by atoms with Gasteiger partial charge < -0.3 is 9.47 Å². The van der Waals surface area contributed by atoms with E-state index in [4.69, 9.17) is 0 Å². The van der Waals surface area contributed by atoms with E-state index in [0.717, 1.165) is 83.5 Å². The van der Waals surface area contributed by atoms with Crippen LogP contribution in [-0.4, -0.2) is 4.57 Å². The zero-order chi connectivity index (χ0) is 50.1. The molecule has 0 amide bonds. The Balaban J connectivity index is 1.01. The van der Waals surface area contributed by atoms with Crippen molar-refractivity contribution in [3.05, 3.63) is 278 Å². The summed E-state index contributed by atoms with van der Waals surface area (Å²) in [6, 6.07) is 87.1. The van der Waals surface area contributed by atoms with Gasteiger partial charge >= 0.3 is 0 Å². The van der Waals surface area contributed by atoms with Gasteiger partial charge in [0, 0.05) is 38.9 Å². The number of nitrogens with zero attached hydrogens (tertiary/aromatic N) is 2. The molecule has 336 valence electrons. The third-order valence-electron chi connectivity index (χ3n) is 14.5. The van der Waals surface area contributed by atoms with Crippen LogP contribution < -0.4 is 4.90 Å². The molecule has 0 N–H and O–H groups in total. The van der Waals surface area contributed by atoms with E-state index in [1.165, 1.54) is 22.3 Å². The van der Waals surface area contributed by atoms with Gasteiger partial charge in [-0.05, 0) is 163 Å². The lowest BCUT2D eigenvalue weighted by atomic mass is 9.81. The zero-order valence-corrected chi connectivity index (χ0v) is 39.6. The number of aromatic nitrogens is 1. The van der Waals surface area contributed by atoms with Crippen molar-refractivity contribution in [1.82, 2.24) is 4.57 Å². The van der Waals surface area contributed by atoms with Crippen LogP contribution in [0, 0.1) is 0 Å². The molecule has 0 fully saturated rings. The molecule has 0 atom stereocenters. The second-order valence-electron chi connectivity index (χ2n) is 19.0. The van der Waals surface area contributed by atoms with Crippen LogP contribution in [0.15, 0.2) is 267 Å². The fourth-order valence-electron chi connectivity index (χ4n) is 10.9. The highest BCUT2D eigenvalue weighted by molar-refractivity contribution is 6.16. The molecule has 0 saturated heterocycles. The Kier molecular flexibility index (Phi) is 9.44. The highest BCUT2D eigenvalue weighted by Gasteiger charge is 2.35. The van der Waals surface area contributed by atoms with E-state index in [2.05, 4.69) is 236 Å². The van der Waals surface area contributed by atoms with Crippen LogP contribution in [0.3, 0.4) is 0 Å². The summed E-state index contributed by atoms with van der Waals surface area (Å²) >= 11 is 0. The minimum atomic E-state index is -0.288. The van der Waals surface area contributed by atoms with Gasteiger partial charge in [-0.1, -0.05) is 196 Å². The molecular weight excluding hydrogens is 857 g/mol. The molecule has 0 radical (unpaired) electrons. The minimum absolute atomic E-state index is 0.152. The molecule has 1 aromatic heterocycles. The van der Waals surface area contributed by atoms with Crippen LogP contribution in [0.1, 0.15) is 29.1 Å². The maximum Gasteiger partial charge on any atom is 0.0636 e. The largest absolute Gasteiger partial charge is 0.311 e. The summed E-state index contributed by atoms with van der Waals surface area (Å²) in [5.41, 5.74) is 18.9. The molecule has 2 heteroatoms. The van der Waals surface area contributed by atoms with Crippen molar-refractivity contribution in [3.8, 4) is 72.4 Å². The maximum absolute atomic E-state index is 10.3. The zero-order valence-electron chi connectivity index (χ0n) is 42.6. The van der Waals surface area contributed by atoms with E-state index in [1.807, 2.05) is 36.4 Å². The molecule has 0 spiro atoms. The second kappa shape index (κ2) is 17.2. The monoisotopic (exact) mass is 909 g/mol. The molecule has 2 nitrogen and oxygen atoms in total. The summed E-state index contributed by atoms with van der Waals surface area (Å²) in [5, 5.41) is 2.01. The van der Waals surface area contributed by atoms with E-state index in [9.17, 15) is 4.11 Å². The lowest BCUT2D eigenvalue weighted by molar-refractivity contribution is 0.660. The van der Waals surface area contributed by atoms with E-state index in [-0.39, 0.29) is 23.5 Å². The number of hydrogen-bond acceptors (Lipinski definition) is 1. The van der Waals surface area contributed by atoms with Gasteiger partial charge in [0.2, 0.25) is 0 Å². The summed E-state index contributed by atoms with van der Waals surface area (Å²) in [6.07, 6.45) is 0. The molecule has 1 heterocycles. The van der Waals surface area contributed by atoms with Crippen LogP contribution in [0.4, 0.5) is 17.1 Å². The summed E-state index contributed by atoms with van der Waals surface area (Å²) in [5.74, 6) is 0. The Morgan fingerprint density at radius 3 is 1.39 bits per heavy atom. The van der Waals surface area contributed by atoms with E-state index in [1.54, 1.807) is 0 Å². The van der Waals surface area contributed by atoms with Gasteiger partial charge in [0.25, 0.3) is 0 Å². The van der Waals surface area contributed by atoms with Gasteiger partial charge in [0.15, 0.2) is 0 Å². The standard InChI is InChI=1S/C69H50N2/c1-69(2)64-26-14-12-23-61(64)62-42-35-52(46-65(62)69)54-43-53(44-55(45-54)60-25-16-28-67-68(60)63-24-13-15-27-66(63)71(67)56-21-10-5-11-22-56)51-33-40-59(41-34-51)70(57-36-29-49(30-37-57)47-17-6-3-7-18-47)58-38-31-50(32-39-58)48-19-8-4-9-20-48/h3-46H,1-2H3/i43D,44D,45D. The quantitative estimate of drug-likeness (QED) is 0.140. The molecule has 0 unspecified atom stereocenters. The topological polar surface area (TPSA) is 8.17 Å². The molecule has 12 aromatic rings. The van der Waals surface area contributed by atoms with Crippen molar-refractivity contribution in [2.24, 2.45) is 0 Å². The predicted molar refractivity (Wildman–Crippen MR) is 300 cm³/mol. The Hall–Kier alpha value is -8.98. The molecule has 13 rings (SSSR count). The van der Waals surface area contributed by atoms with Gasteiger partial charge in [-0.2, -0.15) is 0 Å². The van der Waals surface area contributed by atoms with Crippen LogP contribution in [-0.2, 0) is 5.41 Å². The van der Waals surface area contributed by atoms with Gasteiger partial charge in [-0.25, -0.2) is 0 Å². The summed E-state index contributed by atoms with van der Waals surface area (Å²) in [6.45, 7) is 4.52. The van der Waals surface area contributed by atoms with Crippen LogP contribution in [0.25, 0.3) is 94.3 Å². The highest BCUT2D eigenvalue weighted by atomic mass is 15.1. The fourth-order valence-corrected chi connectivity index (χ4v) is 10.9. The smallest absolute Gasteiger partial charge is 0.0636 e. The van der Waals surface area contributed by atoms with Crippen molar-refractivity contribution in [2.45, 2.75) is 19.3 Å². The summed E-state index contributed by atoms with van der Waals surface area (Å²) in [4.78, 5) is 2.26. The molecule has 1 aliphatic rings. The first-order valence-electron chi connectivity index (χ1n) is 25.9. The number of fused-ring (bicyclic) bond motifs is 6. The Morgan fingerprint density at radius 1 is 0.338 bits per heavy atom. The predicted octanol–water partition coefficient (Wildman–Crippen LogP) is 18.9. The third-order valence-corrected chi connectivity index (χ3v) is 14.5. The van der Waals surface area contributed by atoms with Crippen molar-refractivity contribution >= 4 is 38.9 Å². The maximum atomic E-state index is 10.3. The number of benzene rings is 11. The second-order valence-corrected chi connectivity index (χ2v) is 19.0. The van der Waals surface area contributed by atoms with Gasteiger partial charge in [-0.3, -0.25) is 0 Å². The SMILES string of the molecule is [2H]c1c(-c2ccc(N(c3ccc(-c4ccccc4)cc3)c3ccc(-c4ccccc4)cc3)cc2)c([2H])c(-c2cccc3c2c2ccccc2n3-c2ccccc2)c([2H])c1-c1ccc2c(c1)C(C)(C)c1ccccc1-2. The Labute approximate surface area is 420 Å². The van der Waals surface area contributed by atoms with E-state index >= 15 is 0 Å². The first-order valence-corrected chi connectivity index (χ1v) is 24.4. The van der Waals surface area contributed by atoms with Crippen molar-refractivity contribution in [1.29, 1.82) is 0 Å². The molecule has 71 heavy (non-hydrogen) atoms. The highest BCUT2D eigenvalue weighted by Crippen LogP contribution is 2.50. The van der Waals surface area contributed by atoms with Crippen molar-refractivity contribution < 1.29 is 4.11 Å². The lowest BCUT2D eigenvalue weighted by Gasteiger charge is -2.26. The number of rotatable bonds is 9. The summed E-state index contributed by atoms with van der Waals surface area (Å²) < 4.78 is 33.1. The van der Waals surface area contributed by atoms with Crippen LogP contribution in [0.5, 0.6) is 0 Å². The Morgan fingerprint density at radius 2 is 0.775 bits per heavy atom. The third kappa shape index (κ3) is 7.35. The average Bonchev–Trinajstić information content (AvgIpc) is 3.94. The van der Waals surface area contributed by atoms with Gasteiger partial charge in [0.05, 0.1) is 15.1 Å². The normalized spacial score (nSPS) is 13.1. The number of hydrogen-bond donors (Lipinski definition) is 0. The fraction of sp³-hybridized carbons (Fsp3) is 0.0435. The molecular formula is C69H50N2. The molecule has 1 aliphatic carbocycles. The first kappa shape index (κ1) is 38.9. The van der Waals surface area contributed by atoms with Crippen LogP contribution >= 0.6 is 0 Å². The first-order chi connectivity index (χ1) is 36.2. The number of anilines is 3. The molecule has 0 bridgehead atoms. The summed E-state index contributed by atoms with van der Waals surface area (Å²) in [7, 11) is 0. The van der Waals surface area contributed by atoms with Crippen LogP contribution in [0.2, 0.25) is 0 Å². The molecule has 11 aromatic carbocycles. The Bertz CT molecular complexity index is 4000.